The first-order valence-electron chi connectivity index (χ1n) is 6.08. The Bertz CT molecular complexity index is 586. The Morgan fingerprint density at radius 1 is 1.11 bits per heavy atom. The Balaban J connectivity index is 0.00000133. The first-order valence-corrected chi connectivity index (χ1v) is 6.08. The second kappa shape index (κ2) is 5.41. The minimum atomic E-state index is 0. The molecule has 0 unspecified atom stereocenters. The van der Waals surface area contributed by atoms with Crippen LogP contribution >= 0.6 is 12.4 Å². The van der Waals surface area contributed by atoms with Crippen molar-refractivity contribution in [2.24, 2.45) is 0 Å². The van der Waals surface area contributed by atoms with Crippen molar-refractivity contribution in [1.82, 2.24) is 0 Å². The molecule has 1 aliphatic heterocycles. The summed E-state index contributed by atoms with van der Waals surface area (Å²) in [5, 5.41) is 0. The van der Waals surface area contributed by atoms with E-state index in [1.165, 1.54) is 11.3 Å². The van der Waals surface area contributed by atoms with Crippen LogP contribution in [0.4, 0.5) is 17.1 Å². The van der Waals surface area contributed by atoms with Gasteiger partial charge in [-0.3, -0.25) is 0 Å². The average molecular weight is 277 g/mol. The standard InChI is InChI=1S/C15H16N2O.ClH/c1-18-12-6-7-15(13(16)10-12)17-9-8-11-4-2-3-5-14(11)17;/h2-7,10H,8-9,16H2,1H3;1H. The molecule has 0 amide bonds. The number of methoxy groups -OCH3 is 1. The number of hydrogen-bond acceptors (Lipinski definition) is 3. The molecule has 19 heavy (non-hydrogen) atoms. The normalized spacial score (nSPS) is 12.8. The maximum Gasteiger partial charge on any atom is 0.121 e. The van der Waals surface area contributed by atoms with Crippen LogP contribution < -0.4 is 15.4 Å². The highest BCUT2D eigenvalue weighted by atomic mass is 35.5. The number of anilines is 3. The van der Waals surface area contributed by atoms with E-state index in [4.69, 9.17) is 10.5 Å². The van der Waals surface area contributed by atoms with E-state index in [1.807, 2.05) is 18.2 Å². The van der Waals surface area contributed by atoms with Gasteiger partial charge in [-0.25, -0.2) is 0 Å². The molecule has 1 heterocycles. The number of ether oxygens (including phenoxy) is 1. The minimum Gasteiger partial charge on any atom is -0.497 e. The molecule has 0 aromatic heterocycles. The first-order chi connectivity index (χ1) is 8.79. The van der Waals surface area contributed by atoms with Gasteiger partial charge in [0.05, 0.1) is 18.5 Å². The molecule has 0 bridgehead atoms. The summed E-state index contributed by atoms with van der Waals surface area (Å²) >= 11 is 0. The lowest BCUT2D eigenvalue weighted by molar-refractivity contribution is 0.415. The molecule has 0 saturated heterocycles. The fourth-order valence-corrected chi connectivity index (χ4v) is 2.49. The number of nitrogens with two attached hydrogens (primary N) is 1. The predicted molar refractivity (Wildman–Crippen MR) is 81.8 cm³/mol. The zero-order chi connectivity index (χ0) is 12.5. The van der Waals surface area contributed by atoms with Gasteiger partial charge in [-0.1, -0.05) is 18.2 Å². The molecule has 1 aliphatic rings. The molecule has 0 atom stereocenters. The number of para-hydroxylation sites is 1. The van der Waals surface area contributed by atoms with Gasteiger partial charge in [0.1, 0.15) is 5.75 Å². The third-order valence-corrected chi connectivity index (χ3v) is 3.41. The highest BCUT2D eigenvalue weighted by Gasteiger charge is 2.21. The molecule has 100 valence electrons. The van der Waals surface area contributed by atoms with Crippen LogP contribution in [0.15, 0.2) is 42.5 Å². The van der Waals surface area contributed by atoms with Crippen molar-refractivity contribution >= 4 is 29.5 Å². The molecular formula is C15H17ClN2O. The Morgan fingerprint density at radius 2 is 1.89 bits per heavy atom. The van der Waals surface area contributed by atoms with Crippen molar-refractivity contribution in [1.29, 1.82) is 0 Å². The van der Waals surface area contributed by atoms with Gasteiger partial charge in [0.2, 0.25) is 0 Å². The molecule has 2 N–H and O–H groups in total. The van der Waals surface area contributed by atoms with Gasteiger partial charge in [-0.2, -0.15) is 0 Å². The van der Waals surface area contributed by atoms with E-state index in [0.717, 1.165) is 30.1 Å². The van der Waals surface area contributed by atoms with E-state index in [1.54, 1.807) is 7.11 Å². The van der Waals surface area contributed by atoms with E-state index in [-0.39, 0.29) is 12.4 Å². The lowest BCUT2D eigenvalue weighted by Gasteiger charge is -2.21. The number of hydrogen-bond donors (Lipinski definition) is 1. The summed E-state index contributed by atoms with van der Waals surface area (Å²) < 4.78 is 5.18. The molecule has 0 saturated carbocycles. The molecule has 0 aliphatic carbocycles. The van der Waals surface area contributed by atoms with Gasteiger partial charge in [0, 0.05) is 18.3 Å². The largest absolute Gasteiger partial charge is 0.497 e. The monoisotopic (exact) mass is 276 g/mol. The summed E-state index contributed by atoms with van der Waals surface area (Å²) in [6, 6.07) is 14.3. The van der Waals surface area contributed by atoms with Crippen LogP contribution in [0.5, 0.6) is 5.75 Å². The molecular weight excluding hydrogens is 260 g/mol. The highest BCUT2D eigenvalue weighted by Crippen LogP contribution is 2.38. The van der Waals surface area contributed by atoms with E-state index in [2.05, 4.69) is 29.2 Å². The fourth-order valence-electron chi connectivity index (χ4n) is 2.49. The molecule has 3 rings (SSSR count). The van der Waals surface area contributed by atoms with Crippen LogP contribution in [0, 0.1) is 0 Å². The molecule has 0 spiro atoms. The van der Waals surface area contributed by atoms with Crippen LogP contribution in [0.2, 0.25) is 0 Å². The topological polar surface area (TPSA) is 38.5 Å². The van der Waals surface area contributed by atoms with E-state index in [0.29, 0.717) is 0 Å². The molecule has 0 radical (unpaired) electrons. The number of nitrogen functional groups attached to an aromatic ring is 1. The van der Waals surface area contributed by atoms with Gasteiger partial charge in [0.15, 0.2) is 0 Å². The van der Waals surface area contributed by atoms with Crippen molar-refractivity contribution in [2.45, 2.75) is 6.42 Å². The maximum absolute atomic E-state index is 6.11. The number of benzene rings is 2. The quantitative estimate of drug-likeness (QED) is 0.855. The van der Waals surface area contributed by atoms with Crippen molar-refractivity contribution < 1.29 is 4.74 Å². The van der Waals surface area contributed by atoms with Gasteiger partial charge in [0.25, 0.3) is 0 Å². The Kier molecular flexibility index (Phi) is 3.86. The van der Waals surface area contributed by atoms with Crippen molar-refractivity contribution in [3.8, 4) is 5.75 Å². The van der Waals surface area contributed by atoms with Crippen LogP contribution in [0.25, 0.3) is 0 Å². The lowest BCUT2D eigenvalue weighted by Crippen LogP contribution is -2.14. The molecule has 2 aromatic rings. The van der Waals surface area contributed by atoms with Crippen molar-refractivity contribution in [3.05, 3.63) is 48.0 Å². The van der Waals surface area contributed by atoms with Gasteiger partial charge < -0.3 is 15.4 Å². The average Bonchev–Trinajstić information content (AvgIpc) is 2.82. The Hall–Kier alpha value is -1.87. The number of rotatable bonds is 2. The maximum atomic E-state index is 6.11. The van der Waals surface area contributed by atoms with E-state index >= 15 is 0 Å². The van der Waals surface area contributed by atoms with Crippen LogP contribution in [0.1, 0.15) is 5.56 Å². The fraction of sp³-hybridized carbons (Fsp3) is 0.200. The number of nitrogens with zero attached hydrogens (tertiary/aromatic N) is 1. The summed E-state index contributed by atoms with van der Waals surface area (Å²) in [5.74, 6) is 0.795. The van der Waals surface area contributed by atoms with Crippen molar-refractivity contribution in [3.63, 3.8) is 0 Å². The predicted octanol–water partition coefficient (Wildman–Crippen LogP) is 3.39. The SMILES string of the molecule is COc1ccc(N2CCc3ccccc32)c(N)c1.Cl. The van der Waals surface area contributed by atoms with Gasteiger partial charge in [-0.05, 0) is 30.2 Å². The number of halogens is 1. The van der Waals surface area contributed by atoms with Gasteiger partial charge in [-0.15, -0.1) is 12.4 Å². The second-order valence-electron chi connectivity index (χ2n) is 4.46. The third-order valence-electron chi connectivity index (χ3n) is 3.41. The first kappa shape index (κ1) is 13.6. The zero-order valence-electron chi connectivity index (χ0n) is 10.8. The smallest absolute Gasteiger partial charge is 0.121 e. The van der Waals surface area contributed by atoms with E-state index in [9.17, 15) is 0 Å². The Labute approximate surface area is 119 Å². The summed E-state index contributed by atoms with van der Waals surface area (Å²) in [7, 11) is 1.65. The lowest BCUT2D eigenvalue weighted by atomic mass is 10.2. The Morgan fingerprint density at radius 3 is 2.63 bits per heavy atom. The van der Waals surface area contributed by atoms with Crippen LogP contribution in [-0.4, -0.2) is 13.7 Å². The molecule has 0 fully saturated rings. The van der Waals surface area contributed by atoms with E-state index < -0.39 is 0 Å². The highest BCUT2D eigenvalue weighted by molar-refractivity contribution is 5.85. The van der Waals surface area contributed by atoms with Gasteiger partial charge >= 0.3 is 0 Å². The summed E-state index contributed by atoms with van der Waals surface area (Å²) in [5.41, 5.74) is 10.6. The summed E-state index contributed by atoms with van der Waals surface area (Å²) in [4.78, 5) is 2.27. The zero-order valence-corrected chi connectivity index (χ0v) is 11.6. The summed E-state index contributed by atoms with van der Waals surface area (Å²) in [6.45, 7) is 0.982. The molecule has 3 nitrogen and oxygen atoms in total. The molecule has 2 aromatic carbocycles. The summed E-state index contributed by atoms with van der Waals surface area (Å²) in [6.07, 6.45) is 1.07. The number of fused-ring (bicyclic) bond motifs is 1. The van der Waals surface area contributed by atoms with Crippen molar-refractivity contribution in [2.75, 3.05) is 24.3 Å². The minimum absolute atomic E-state index is 0. The van der Waals surface area contributed by atoms with Crippen LogP contribution in [-0.2, 0) is 6.42 Å². The second-order valence-corrected chi connectivity index (χ2v) is 4.46. The van der Waals surface area contributed by atoms with Crippen LogP contribution in [0.3, 0.4) is 0 Å². The molecule has 4 heteroatoms. The third kappa shape index (κ3) is 2.34.